The van der Waals surface area contributed by atoms with Gasteiger partial charge in [-0.3, -0.25) is 0 Å². The SMILES string of the molecule is CC(CNC1CC1)C(C)Cc1ccccc1Br. The molecule has 0 bridgehead atoms. The Balaban J connectivity index is 1.82. The van der Waals surface area contributed by atoms with E-state index in [9.17, 15) is 0 Å². The first kappa shape index (κ1) is 13.1. The van der Waals surface area contributed by atoms with Crippen molar-refractivity contribution in [1.82, 2.24) is 5.32 Å². The number of hydrogen-bond acceptors (Lipinski definition) is 1. The van der Waals surface area contributed by atoms with Crippen LogP contribution in [0.4, 0.5) is 0 Å². The van der Waals surface area contributed by atoms with Crippen molar-refractivity contribution in [2.45, 2.75) is 39.2 Å². The van der Waals surface area contributed by atoms with Crippen LogP contribution in [0, 0.1) is 11.8 Å². The highest BCUT2D eigenvalue weighted by molar-refractivity contribution is 9.10. The maximum absolute atomic E-state index is 3.63. The van der Waals surface area contributed by atoms with Gasteiger partial charge in [0.15, 0.2) is 0 Å². The van der Waals surface area contributed by atoms with Crippen molar-refractivity contribution < 1.29 is 0 Å². The first-order valence-electron chi connectivity index (χ1n) is 6.63. The predicted molar refractivity (Wildman–Crippen MR) is 77.2 cm³/mol. The molecule has 1 nitrogen and oxygen atoms in total. The molecule has 2 heteroatoms. The molecule has 2 unspecified atom stereocenters. The molecule has 94 valence electrons. The summed E-state index contributed by atoms with van der Waals surface area (Å²) in [5.74, 6) is 1.46. The Hall–Kier alpha value is -0.340. The van der Waals surface area contributed by atoms with Crippen LogP contribution in [0.3, 0.4) is 0 Å². The molecule has 1 aromatic rings. The molecule has 2 atom stereocenters. The Morgan fingerprint density at radius 1 is 1.24 bits per heavy atom. The highest BCUT2D eigenvalue weighted by Gasteiger charge is 2.22. The Kier molecular flexibility index (Phi) is 4.63. The van der Waals surface area contributed by atoms with Crippen molar-refractivity contribution in [3.8, 4) is 0 Å². The molecule has 0 aromatic heterocycles. The van der Waals surface area contributed by atoms with Gasteiger partial charge in [0.05, 0.1) is 0 Å². The molecule has 0 radical (unpaired) electrons. The Bertz CT molecular complexity index is 360. The van der Waals surface area contributed by atoms with Gasteiger partial charge in [-0.2, -0.15) is 0 Å². The fourth-order valence-electron chi connectivity index (χ4n) is 2.05. The topological polar surface area (TPSA) is 12.0 Å². The molecular weight excluding hydrogens is 274 g/mol. The lowest BCUT2D eigenvalue weighted by Crippen LogP contribution is -2.27. The summed E-state index contributed by atoms with van der Waals surface area (Å²) < 4.78 is 1.24. The summed E-state index contributed by atoms with van der Waals surface area (Å²) in [7, 11) is 0. The Morgan fingerprint density at radius 3 is 2.59 bits per heavy atom. The minimum absolute atomic E-state index is 0.722. The summed E-state index contributed by atoms with van der Waals surface area (Å²) in [4.78, 5) is 0. The van der Waals surface area contributed by atoms with Gasteiger partial charge in [-0.25, -0.2) is 0 Å². The molecule has 0 saturated heterocycles. The van der Waals surface area contributed by atoms with Crippen LogP contribution in [0.25, 0.3) is 0 Å². The Labute approximate surface area is 113 Å². The number of hydrogen-bond donors (Lipinski definition) is 1. The molecular formula is C15H22BrN. The maximum Gasteiger partial charge on any atom is 0.0207 e. The van der Waals surface area contributed by atoms with Gasteiger partial charge in [-0.1, -0.05) is 48.0 Å². The van der Waals surface area contributed by atoms with Crippen molar-refractivity contribution in [2.75, 3.05) is 6.54 Å². The molecule has 1 N–H and O–H groups in total. The summed E-state index contributed by atoms with van der Waals surface area (Å²) >= 11 is 3.63. The van der Waals surface area contributed by atoms with E-state index in [1.165, 1.54) is 22.9 Å². The number of nitrogens with one attached hydrogen (secondary N) is 1. The van der Waals surface area contributed by atoms with Gasteiger partial charge in [0.25, 0.3) is 0 Å². The summed E-state index contributed by atoms with van der Waals surface area (Å²) in [5.41, 5.74) is 1.43. The monoisotopic (exact) mass is 295 g/mol. The van der Waals surface area contributed by atoms with Crippen molar-refractivity contribution in [3.63, 3.8) is 0 Å². The maximum atomic E-state index is 3.63. The van der Waals surface area contributed by atoms with Crippen LogP contribution in [-0.2, 0) is 6.42 Å². The smallest absolute Gasteiger partial charge is 0.0207 e. The van der Waals surface area contributed by atoms with Crippen LogP contribution in [0.2, 0.25) is 0 Å². The molecule has 0 heterocycles. The highest BCUT2D eigenvalue weighted by Crippen LogP contribution is 2.24. The van der Waals surface area contributed by atoms with Crippen molar-refractivity contribution in [1.29, 1.82) is 0 Å². The van der Waals surface area contributed by atoms with Gasteiger partial charge in [-0.15, -0.1) is 0 Å². The Morgan fingerprint density at radius 2 is 1.94 bits per heavy atom. The van der Waals surface area contributed by atoms with Crippen molar-refractivity contribution in [3.05, 3.63) is 34.3 Å². The van der Waals surface area contributed by atoms with Gasteiger partial charge in [0.2, 0.25) is 0 Å². The molecule has 1 saturated carbocycles. The van der Waals surface area contributed by atoms with Crippen LogP contribution in [0.5, 0.6) is 0 Å². The zero-order valence-corrected chi connectivity index (χ0v) is 12.3. The summed E-state index contributed by atoms with van der Waals surface area (Å²) in [5, 5.41) is 3.63. The average Bonchev–Trinajstić information content (AvgIpc) is 3.13. The van der Waals surface area contributed by atoms with E-state index < -0.39 is 0 Å². The summed E-state index contributed by atoms with van der Waals surface area (Å²) in [6, 6.07) is 9.39. The van der Waals surface area contributed by atoms with Crippen LogP contribution in [0.15, 0.2) is 28.7 Å². The molecule has 0 aliphatic heterocycles. The second-order valence-electron chi connectivity index (χ2n) is 5.43. The van der Waals surface area contributed by atoms with E-state index in [-0.39, 0.29) is 0 Å². The predicted octanol–water partition coefficient (Wildman–Crippen LogP) is 4.02. The largest absolute Gasteiger partial charge is 0.314 e. The van der Waals surface area contributed by atoms with Crippen LogP contribution in [-0.4, -0.2) is 12.6 Å². The average molecular weight is 296 g/mol. The number of benzene rings is 1. The minimum Gasteiger partial charge on any atom is -0.314 e. The van der Waals surface area contributed by atoms with Crippen LogP contribution in [0.1, 0.15) is 32.3 Å². The van der Waals surface area contributed by atoms with Gasteiger partial charge in [0.1, 0.15) is 0 Å². The van der Waals surface area contributed by atoms with Crippen molar-refractivity contribution >= 4 is 15.9 Å². The summed E-state index contributed by atoms with van der Waals surface area (Å²) in [6.07, 6.45) is 3.92. The van der Waals surface area contributed by atoms with Gasteiger partial charge >= 0.3 is 0 Å². The molecule has 2 rings (SSSR count). The fourth-order valence-corrected chi connectivity index (χ4v) is 2.50. The number of rotatable bonds is 6. The van der Waals surface area contributed by atoms with E-state index in [1.807, 2.05) is 0 Å². The molecule has 1 fully saturated rings. The van der Waals surface area contributed by atoms with Crippen molar-refractivity contribution in [2.24, 2.45) is 11.8 Å². The first-order valence-corrected chi connectivity index (χ1v) is 7.43. The normalized spacial score (nSPS) is 19.0. The lowest BCUT2D eigenvalue weighted by atomic mass is 9.89. The highest BCUT2D eigenvalue weighted by atomic mass is 79.9. The molecule has 0 spiro atoms. The third-order valence-corrected chi connectivity index (χ3v) is 4.55. The third-order valence-electron chi connectivity index (χ3n) is 3.78. The molecule has 1 aromatic carbocycles. The lowest BCUT2D eigenvalue weighted by molar-refractivity contribution is 0.364. The van der Waals surface area contributed by atoms with Gasteiger partial charge in [0, 0.05) is 10.5 Å². The van der Waals surface area contributed by atoms with E-state index in [4.69, 9.17) is 0 Å². The summed E-state index contributed by atoms with van der Waals surface area (Å²) in [6.45, 7) is 5.88. The van der Waals surface area contributed by atoms with E-state index >= 15 is 0 Å². The van der Waals surface area contributed by atoms with Crippen LogP contribution >= 0.6 is 15.9 Å². The first-order chi connectivity index (χ1) is 8.16. The number of halogens is 1. The van der Waals surface area contributed by atoms with E-state index in [0.717, 1.165) is 30.8 Å². The standard InChI is InChI=1S/C15H22BrN/c1-11(12(2)10-17-14-7-8-14)9-13-5-3-4-6-15(13)16/h3-6,11-12,14,17H,7-10H2,1-2H3. The van der Waals surface area contributed by atoms with Gasteiger partial charge < -0.3 is 5.32 Å². The lowest BCUT2D eigenvalue weighted by Gasteiger charge is -2.21. The van der Waals surface area contributed by atoms with E-state index in [2.05, 4.69) is 59.4 Å². The fraction of sp³-hybridized carbons (Fsp3) is 0.600. The van der Waals surface area contributed by atoms with E-state index in [1.54, 1.807) is 0 Å². The van der Waals surface area contributed by atoms with Gasteiger partial charge in [-0.05, 0) is 49.3 Å². The zero-order chi connectivity index (χ0) is 12.3. The molecule has 0 amide bonds. The molecule has 1 aliphatic carbocycles. The third kappa shape index (κ3) is 4.11. The minimum atomic E-state index is 0.722. The molecule has 17 heavy (non-hydrogen) atoms. The zero-order valence-electron chi connectivity index (χ0n) is 10.7. The quantitative estimate of drug-likeness (QED) is 0.836. The van der Waals surface area contributed by atoms with E-state index in [0.29, 0.717) is 0 Å². The van der Waals surface area contributed by atoms with Crippen LogP contribution < -0.4 is 5.32 Å². The second-order valence-corrected chi connectivity index (χ2v) is 6.29. The molecule has 1 aliphatic rings. The second kappa shape index (κ2) is 6.01.